The first-order valence-corrected chi connectivity index (χ1v) is 7.86. The van der Waals surface area contributed by atoms with Gasteiger partial charge in [0, 0.05) is 13.5 Å². The highest BCUT2D eigenvalue weighted by Gasteiger charge is 2.33. The molecule has 1 atom stereocenters. The number of halogens is 2. The molecule has 1 saturated heterocycles. The number of likely N-dealkylation sites (N-methyl/N-ethyl adjacent to an activating group) is 1. The molecule has 102 valence electrons. The van der Waals surface area contributed by atoms with E-state index in [1.54, 1.807) is 6.07 Å². The summed E-state index contributed by atoms with van der Waals surface area (Å²) in [6.07, 6.45) is 0.609. The standard InChI is InChI=1S/C11H10Br2N2O3S/c1-15-8(16)3-2-6(11(15)18)14-10(17)5-4-7(12)19-9(5)13/h4,6H,2-3H2,1H3,(H,14,17). The molecule has 0 spiro atoms. The molecule has 0 aromatic carbocycles. The van der Waals surface area contributed by atoms with Gasteiger partial charge in [-0.1, -0.05) is 0 Å². The molecule has 2 heterocycles. The topological polar surface area (TPSA) is 66.5 Å². The van der Waals surface area contributed by atoms with Crippen LogP contribution in [0.4, 0.5) is 0 Å². The lowest BCUT2D eigenvalue weighted by Gasteiger charge is -2.28. The predicted molar refractivity (Wildman–Crippen MR) is 78.0 cm³/mol. The summed E-state index contributed by atoms with van der Waals surface area (Å²) in [6.45, 7) is 0. The lowest BCUT2D eigenvalue weighted by molar-refractivity contribution is -0.147. The number of thiophene rings is 1. The van der Waals surface area contributed by atoms with Gasteiger partial charge in [0.05, 0.1) is 13.1 Å². The molecule has 0 saturated carbocycles. The van der Waals surface area contributed by atoms with Crippen molar-refractivity contribution in [1.82, 2.24) is 10.2 Å². The van der Waals surface area contributed by atoms with E-state index in [9.17, 15) is 14.4 Å². The Labute approximate surface area is 130 Å². The number of nitrogens with one attached hydrogen (secondary N) is 1. The van der Waals surface area contributed by atoms with Gasteiger partial charge < -0.3 is 5.32 Å². The molecule has 1 aliphatic rings. The number of carbonyl (C=O) groups excluding carboxylic acids is 3. The number of nitrogens with zero attached hydrogens (tertiary/aromatic N) is 1. The van der Waals surface area contributed by atoms with Crippen molar-refractivity contribution in [3.05, 3.63) is 19.2 Å². The zero-order valence-corrected chi connectivity index (χ0v) is 13.9. The van der Waals surface area contributed by atoms with Gasteiger partial charge in [-0.3, -0.25) is 19.3 Å². The van der Waals surface area contributed by atoms with Gasteiger partial charge in [-0.2, -0.15) is 0 Å². The van der Waals surface area contributed by atoms with Crippen LogP contribution in [-0.4, -0.2) is 35.7 Å². The Morgan fingerprint density at radius 2 is 2.16 bits per heavy atom. The van der Waals surface area contributed by atoms with Crippen LogP contribution in [0.3, 0.4) is 0 Å². The number of carbonyl (C=O) groups is 3. The van der Waals surface area contributed by atoms with Crippen molar-refractivity contribution in [2.75, 3.05) is 7.05 Å². The van der Waals surface area contributed by atoms with Crippen LogP contribution in [0.2, 0.25) is 0 Å². The van der Waals surface area contributed by atoms with E-state index < -0.39 is 6.04 Å². The SMILES string of the molecule is CN1C(=O)CCC(NC(=O)c2cc(Br)sc2Br)C1=O. The highest BCUT2D eigenvalue weighted by atomic mass is 79.9. The van der Waals surface area contributed by atoms with Crippen LogP contribution in [0, 0.1) is 0 Å². The van der Waals surface area contributed by atoms with Gasteiger partial charge in [-0.25, -0.2) is 0 Å². The summed E-state index contributed by atoms with van der Waals surface area (Å²) in [6, 6.07) is 1.05. The molecule has 1 aromatic heterocycles. The molecule has 8 heteroatoms. The largest absolute Gasteiger partial charge is 0.340 e. The number of rotatable bonds is 2. The molecule has 1 N–H and O–H groups in total. The summed E-state index contributed by atoms with van der Waals surface area (Å²) < 4.78 is 1.52. The summed E-state index contributed by atoms with van der Waals surface area (Å²) in [7, 11) is 1.43. The van der Waals surface area contributed by atoms with Gasteiger partial charge in [0.25, 0.3) is 11.8 Å². The average Bonchev–Trinajstić information content (AvgIpc) is 2.69. The molecule has 0 aliphatic carbocycles. The van der Waals surface area contributed by atoms with Gasteiger partial charge in [0.15, 0.2) is 0 Å². The normalized spacial score (nSPS) is 19.7. The van der Waals surface area contributed by atoms with Crippen LogP contribution in [0.5, 0.6) is 0 Å². The summed E-state index contributed by atoms with van der Waals surface area (Å²) in [5, 5.41) is 2.66. The van der Waals surface area contributed by atoms with Crippen LogP contribution >= 0.6 is 43.2 Å². The number of amides is 3. The van der Waals surface area contributed by atoms with Gasteiger partial charge in [-0.05, 0) is 44.3 Å². The van der Waals surface area contributed by atoms with Crippen LogP contribution in [0.25, 0.3) is 0 Å². The predicted octanol–water partition coefficient (Wildman–Crippen LogP) is 2.15. The van der Waals surface area contributed by atoms with Crippen molar-refractivity contribution in [2.24, 2.45) is 0 Å². The zero-order chi connectivity index (χ0) is 14.2. The number of likely N-dealkylation sites (tertiary alicyclic amines) is 1. The molecular formula is C11H10Br2N2O3S. The minimum absolute atomic E-state index is 0.213. The number of piperidine rings is 1. The monoisotopic (exact) mass is 408 g/mol. The molecule has 0 bridgehead atoms. The molecule has 1 aliphatic heterocycles. The van der Waals surface area contributed by atoms with Crippen LogP contribution in [0.1, 0.15) is 23.2 Å². The Balaban J connectivity index is 2.09. The summed E-state index contributed by atoms with van der Waals surface area (Å²) in [5.74, 6) is -0.903. The average molecular weight is 410 g/mol. The minimum atomic E-state index is -0.638. The number of imide groups is 1. The maximum Gasteiger partial charge on any atom is 0.253 e. The lowest BCUT2D eigenvalue weighted by atomic mass is 10.0. The van der Waals surface area contributed by atoms with Crippen LogP contribution < -0.4 is 5.32 Å². The molecule has 0 radical (unpaired) electrons. The lowest BCUT2D eigenvalue weighted by Crippen LogP contribution is -2.52. The van der Waals surface area contributed by atoms with Crippen molar-refractivity contribution >= 4 is 60.9 Å². The van der Waals surface area contributed by atoms with Crippen molar-refractivity contribution in [3.63, 3.8) is 0 Å². The summed E-state index contributed by atoms with van der Waals surface area (Å²) in [5.41, 5.74) is 0.476. The van der Waals surface area contributed by atoms with Gasteiger partial charge >= 0.3 is 0 Å². The fourth-order valence-electron chi connectivity index (χ4n) is 1.78. The molecule has 5 nitrogen and oxygen atoms in total. The van der Waals surface area contributed by atoms with E-state index in [0.29, 0.717) is 15.8 Å². The minimum Gasteiger partial charge on any atom is -0.340 e. The van der Waals surface area contributed by atoms with E-state index in [1.807, 2.05) is 0 Å². The molecule has 2 rings (SSSR count). The van der Waals surface area contributed by atoms with Crippen molar-refractivity contribution in [2.45, 2.75) is 18.9 Å². The highest BCUT2D eigenvalue weighted by molar-refractivity contribution is 9.12. The van der Waals surface area contributed by atoms with E-state index in [4.69, 9.17) is 0 Å². The smallest absolute Gasteiger partial charge is 0.253 e. The molecule has 19 heavy (non-hydrogen) atoms. The van der Waals surface area contributed by atoms with Crippen LogP contribution in [0.15, 0.2) is 13.6 Å². The maximum atomic E-state index is 12.1. The second kappa shape index (κ2) is 5.72. The second-order valence-corrected chi connectivity index (χ2v) is 7.84. The first kappa shape index (κ1) is 14.7. The fraction of sp³-hybridized carbons (Fsp3) is 0.364. The van der Waals surface area contributed by atoms with E-state index in [-0.39, 0.29) is 24.1 Å². The van der Waals surface area contributed by atoms with Crippen molar-refractivity contribution in [1.29, 1.82) is 0 Å². The van der Waals surface area contributed by atoms with Gasteiger partial charge in [0.2, 0.25) is 5.91 Å². The molecule has 1 aromatic rings. The quantitative estimate of drug-likeness (QED) is 0.761. The van der Waals surface area contributed by atoms with E-state index in [0.717, 1.165) is 8.69 Å². The first-order chi connectivity index (χ1) is 8.90. The Hall–Kier alpha value is -0.730. The van der Waals surface area contributed by atoms with Crippen LogP contribution in [-0.2, 0) is 9.59 Å². The summed E-state index contributed by atoms with van der Waals surface area (Å²) in [4.78, 5) is 36.3. The molecular weight excluding hydrogens is 400 g/mol. The van der Waals surface area contributed by atoms with E-state index in [1.165, 1.54) is 18.4 Å². The zero-order valence-electron chi connectivity index (χ0n) is 9.91. The maximum absolute atomic E-state index is 12.1. The summed E-state index contributed by atoms with van der Waals surface area (Å²) >= 11 is 7.98. The van der Waals surface area contributed by atoms with Gasteiger partial charge in [0.1, 0.15) is 6.04 Å². The Bertz CT molecular complexity index is 558. The third-order valence-corrected chi connectivity index (χ3v) is 5.20. The fourth-order valence-corrected chi connectivity index (χ4v) is 4.57. The Morgan fingerprint density at radius 1 is 1.47 bits per heavy atom. The third-order valence-electron chi connectivity index (χ3n) is 2.86. The first-order valence-electron chi connectivity index (χ1n) is 5.46. The Morgan fingerprint density at radius 3 is 2.74 bits per heavy atom. The van der Waals surface area contributed by atoms with E-state index in [2.05, 4.69) is 37.2 Å². The molecule has 1 fully saturated rings. The van der Waals surface area contributed by atoms with Crippen molar-refractivity contribution in [3.8, 4) is 0 Å². The third kappa shape index (κ3) is 3.06. The van der Waals surface area contributed by atoms with Crippen molar-refractivity contribution < 1.29 is 14.4 Å². The molecule has 3 amide bonds. The molecule has 1 unspecified atom stereocenters. The van der Waals surface area contributed by atoms with Gasteiger partial charge in [-0.15, -0.1) is 11.3 Å². The number of hydrogen-bond donors (Lipinski definition) is 1. The highest BCUT2D eigenvalue weighted by Crippen LogP contribution is 2.31. The van der Waals surface area contributed by atoms with E-state index >= 15 is 0 Å². The Kier molecular flexibility index (Phi) is 4.42. The second-order valence-electron chi connectivity index (χ2n) is 4.09. The number of hydrogen-bond acceptors (Lipinski definition) is 4.